The van der Waals surface area contributed by atoms with Crippen molar-refractivity contribution < 1.29 is 9.16 Å². The van der Waals surface area contributed by atoms with Gasteiger partial charge in [0.1, 0.15) is 6.20 Å². The Hall–Kier alpha value is -1.61. The van der Waals surface area contributed by atoms with Crippen LogP contribution < -0.4 is 4.68 Å². The molecule has 0 radical (unpaired) electrons. The molecule has 0 fully saturated rings. The first kappa shape index (κ1) is 8.68. The lowest BCUT2D eigenvalue weighted by Crippen LogP contribution is -2.53. The molecule has 0 aromatic carbocycles. The Bertz CT molecular complexity index is 455. The van der Waals surface area contributed by atoms with Gasteiger partial charge in [0.25, 0.3) is 0 Å². The minimum atomic E-state index is 0.849. The summed E-state index contributed by atoms with van der Waals surface area (Å²) in [4.78, 5) is 0. The van der Waals surface area contributed by atoms with Gasteiger partial charge in [-0.15, -0.1) is 6.07 Å². The second kappa shape index (κ2) is 2.70. The normalized spacial score (nSPS) is 27.2. The van der Waals surface area contributed by atoms with Crippen LogP contribution in [0.3, 0.4) is 0 Å². The third kappa shape index (κ3) is 1.13. The van der Waals surface area contributed by atoms with Crippen molar-refractivity contribution in [2.75, 3.05) is 13.6 Å². The third-order valence-electron chi connectivity index (χ3n) is 3.08. The Morgan fingerprint density at radius 1 is 1.60 bits per heavy atom. The van der Waals surface area contributed by atoms with Gasteiger partial charge in [0.05, 0.1) is 12.7 Å². The van der Waals surface area contributed by atoms with Crippen molar-refractivity contribution in [1.29, 1.82) is 0 Å². The number of aryl methyl sites for hydroxylation is 1. The number of rotatable bonds is 0. The number of fused-ring (bicyclic) bond motifs is 3. The zero-order chi connectivity index (χ0) is 10.5. The van der Waals surface area contributed by atoms with Crippen LogP contribution in [0.4, 0.5) is 0 Å². The van der Waals surface area contributed by atoms with E-state index >= 15 is 0 Å². The van der Waals surface area contributed by atoms with E-state index in [-0.39, 0.29) is 0 Å². The molecule has 0 saturated heterocycles. The van der Waals surface area contributed by atoms with E-state index < -0.39 is 0 Å². The van der Waals surface area contributed by atoms with Gasteiger partial charge in [-0.3, -0.25) is 6.08 Å². The monoisotopic (exact) mass is 200 g/mol. The summed E-state index contributed by atoms with van der Waals surface area (Å²) in [6.45, 7) is 3.05. The summed E-state index contributed by atoms with van der Waals surface area (Å²) < 4.78 is 2.81. The topological polar surface area (TPSA) is 16.8 Å². The molecule has 3 heteroatoms. The Morgan fingerprint density at radius 3 is 3.33 bits per heavy atom. The van der Waals surface area contributed by atoms with Crippen molar-refractivity contribution in [2.45, 2.75) is 6.92 Å². The van der Waals surface area contributed by atoms with Crippen molar-refractivity contribution in [1.82, 2.24) is 5.10 Å². The molecule has 3 nitrogen and oxygen atoms in total. The molecule has 0 N–H and O–H groups in total. The van der Waals surface area contributed by atoms with Gasteiger partial charge in [0, 0.05) is 6.54 Å². The SMILES string of the molecule is Cc1c[c-]2[n+](n1)C=C[N+]1(C)C[CH-]C=C[C-]21. The maximum atomic E-state index is 4.43. The van der Waals surface area contributed by atoms with E-state index in [1.165, 1.54) is 11.7 Å². The maximum Gasteiger partial charge on any atom is 0.181 e. The third-order valence-corrected chi connectivity index (χ3v) is 3.08. The lowest BCUT2D eigenvalue weighted by molar-refractivity contribution is -0.854. The van der Waals surface area contributed by atoms with Crippen LogP contribution in [0.25, 0.3) is 6.20 Å². The van der Waals surface area contributed by atoms with Gasteiger partial charge in [-0.25, -0.2) is 6.42 Å². The largest absolute Gasteiger partial charge is 0.347 e. The van der Waals surface area contributed by atoms with E-state index in [2.05, 4.69) is 49.2 Å². The fourth-order valence-corrected chi connectivity index (χ4v) is 2.23. The summed E-state index contributed by atoms with van der Waals surface area (Å²) in [5, 5.41) is 4.43. The molecule has 3 rings (SSSR count). The van der Waals surface area contributed by atoms with Crippen LogP contribution in [0.2, 0.25) is 0 Å². The highest BCUT2D eigenvalue weighted by Gasteiger charge is 2.29. The Morgan fingerprint density at radius 2 is 2.47 bits per heavy atom. The van der Waals surface area contributed by atoms with Crippen molar-refractivity contribution >= 4 is 6.20 Å². The fraction of sp³-hybridized carbons (Fsp3) is 0.250. The lowest BCUT2D eigenvalue weighted by atomic mass is 10.0. The van der Waals surface area contributed by atoms with Crippen LogP contribution >= 0.6 is 0 Å². The van der Waals surface area contributed by atoms with Crippen molar-refractivity contribution in [2.24, 2.45) is 0 Å². The molecule has 2 aliphatic heterocycles. The molecule has 15 heavy (non-hydrogen) atoms. The zero-order valence-electron chi connectivity index (χ0n) is 9.01. The zero-order valence-corrected chi connectivity index (χ0v) is 9.01. The quantitative estimate of drug-likeness (QED) is 0.346. The van der Waals surface area contributed by atoms with Gasteiger partial charge in [-0.1, -0.05) is 12.0 Å². The summed E-state index contributed by atoms with van der Waals surface area (Å²) in [6.07, 6.45) is 10.8. The second-order valence-corrected chi connectivity index (χ2v) is 4.34. The van der Waals surface area contributed by atoms with Gasteiger partial charge < -0.3 is 10.6 Å². The Kier molecular flexibility index (Phi) is 1.56. The molecule has 3 heterocycles. The molecule has 1 aromatic rings. The molecule has 1 atom stereocenters. The number of likely N-dealkylation sites (N-methyl/N-ethyl adjacent to an activating group) is 1. The summed E-state index contributed by atoms with van der Waals surface area (Å²) in [5.41, 5.74) is 2.28. The van der Waals surface area contributed by atoms with E-state index in [0.29, 0.717) is 0 Å². The molecular formula is C12H14N3-. The van der Waals surface area contributed by atoms with Crippen LogP contribution in [0.15, 0.2) is 24.4 Å². The Balaban J connectivity index is 2.17. The minimum absolute atomic E-state index is 0.849. The summed E-state index contributed by atoms with van der Waals surface area (Å²) in [7, 11) is 2.22. The fourth-order valence-electron chi connectivity index (χ4n) is 2.23. The molecule has 1 aromatic heterocycles. The standard InChI is InChI=1S/C12H14N3/c1-10-9-11-12-5-3-4-7-15(12,2)8-6-14(11)13-10/h3-6,8-9H,7H2,1-2H3/q-1. The number of nitrogens with zero attached hydrogens (tertiary/aromatic N) is 3. The number of hydrogen-bond acceptors (Lipinski definition) is 1. The predicted octanol–water partition coefficient (Wildman–Crippen LogP) is 0.939. The molecule has 0 aliphatic carbocycles. The number of hydrogen-bond donors (Lipinski definition) is 0. The van der Waals surface area contributed by atoms with E-state index in [0.717, 1.165) is 16.7 Å². The first-order valence-electron chi connectivity index (χ1n) is 5.17. The summed E-state index contributed by atoms with van der Waals surface area (Å²) >= 11 is 0. The summed E-state index contributed by atoms with van der Waals surface area (Å²) in [5.74, 6) is 0. The molecule has 0 bridgehead atoms. The molecular weight excluding hydrogens is 186 g/mol. The molecule has 78 valence electrons. The van der Waals surface area contributed by atoms with Crippen molar-refractivity contribution in [3.05, 3.63) is 48.3 Å². The highest BCUT2D eigenvalue weighted by molar-refractivity contribution is 5.32. The van der Waals surface area contributed by atoms with E-state index in [4.69, 9.17) is 0 Å². The molecule has 0 saturated carbocycles. The highest BCUT2D eigenvalue weighted by Crippen LogP contribution is 2.32. The molecule has 1 unspecified atom stereocenters. The number of aromatic nitrogens is 2. The first-order valence-corrected chi connectivity index (χ1v) is 5.17. The minimum Gasteiger partial charge on any atom is -0.347 e. The van der Waals surface area contributed by atoms with Gasteiger partial charge in [-0.05, 0) is 11.7 Å². The van der Waals surface area contributed by atoms with Crippen LogP contribution in [0.5, 0.6) is 0 Å². The van der Waals surface area contributed by atoms with Crippen LogP contribution in [-0.2, 0) is 0 Å². The van der Waals surface area contributed by atoms with Crippen LogP contribution in [0.1, 0.15) is 11.4 Å². The highest BCUT2D eigenvalue weighted by atomic mass is 15.4. The average molecular weight is 200 g/mol. The van der Waals surface area contributed by atoms with Crippen molar-refractivity contribution in [3.63, 3.8) is 0 Å². The first-order chi connectivity index (χ1) is 7.19. The summed E-state index contributed by atoms with van der Waals surface area (Å²) in [6, 6.07) is 3.46. The molecule has 0 amide bonds. The number of quaternary nitrogens is 1. The van der Waals surface area contributed by atoms with Gasteiger partial charge in [-0.2, -0.15) is 4.68 Å². The predicted molar refractivity (Wildman–Crippen MR) is 56.9 cm³/mol. The molecule has 0 spiro atoms. The van der Waals surface area contributed by atoms with E-state index in [9.17, 15) is 0 Å². The van der Waals surface area contributed by atoms with Gasteiger partial charge in [0.2, 0.25) is 0 Å². The Labute approximate surface area is 89.9 Å². The van der Waals surface area contributed by atoms with Crippen LogP contribution in [0, 0.1) is 19.4 Å². The lowest BCUT2D eigenvalue weighted by Gasteiger charge is -2.49. The molecule has 2 aliphatic rings. The van der Waals surface area contributed by atoms with Crippen LogP contribution in [-0.4, -0.2) is 23.2 Å². The smallest absolute Gasteiger partial charge is 0.181 e. The van der Waals surface area contributed by atoms with Gasteiger partial charge >= 0.3 is 0 Å². The maximum absolute atomic E-state index is 4.43. The van der Waals surface area contributed by atoms with Gasteiger partial charge in [0.15, 0.2) is 6.20 Å². The van der Waals surface area contributed by atoms with Crippen molar-refractivity contribution in [3.8, 4) is 0 Å². The second-order valence-electron chi connectivity index (χ2n) is 4.34. The van der Waals surface area contributed by atoms with E-state index in [1.54, 1.807) is 0 Å². The van der Waals surface area contributed by atoms with E-state index in [1.807, 2.05) is 11.6 Å². The average Bonchev–Trinajstić information content (AvgIpc) is 2.58.